The quantitative estimate of drug-likeness (QED) is 0.716. The SMILES string of the molecule is CCCCCCC(N)c1cc(C)sc1C. The van der Waals surface area contributed by atoms with Gasteiger partial charge < -0.3 is 5.73 Å². The summed E-state index contributed by atoms with van der Waals surface area (Å²) in [5, 5.41) is 0. The van der Waals surface area contributed by atoms with E-state index in [9.17, 15) is 0 Å². The van der Waals surface area contributed by atoms with Gasteiger partial charge >= 0.3 is 0 Å². The van der Waals surface area contributed by atoms with Gasteiger partial charge in [-0.3, -0.25) is 0 Å². The lowest BCUT2D eigenvalue weighted by Crippen LogP contribution is -2.10. The summed E-state index contributed by atoms with van der Waals surface area (Å²) >= 11 is 1.86. The van der Waals surface area contributed by atoms with Crippen molar-refractivity contribution in [2.24, 2.45) is 5.73 Å². The molecule has 0 spiro atoms. The molecular formula is C13H23NS. The highest BCUT2D eigenvalue weighted by molar-refractivity contribution is 7.12. The molecule has 15 heavy (non-hydrogen) atoms. The van der Waals surface area contributed by atoms with Crippen LogP contribution in [0.15, 0.2) is 6.07 Å². The van der Waals surface area contributed by atoms with Crippen LogP contribution in [0.2, 0.25) is 0 Å². The van der Waals surface area contributed by atoms with Crippen molar-refractivity contribution in [3.63, 3.8) is 0 Å². The molecule has 1 heterocycles. The Bertz CT molecular complexity index is 291. The monoisotopic (exact) mass is 225 g/mol. The van der Waals surface area contributed by atoms with Gasteiger partial charge in [-0.2, -0.15) is 0 Å². The standard InChI is InChI=1S/C13H23NS/c1-4-5-6-7-8-13(14)12-9-10(2)15-11(12)3/h9,13H,4-8,14H2,1-3H3. The Balaban J connectivity index is 2.39. The topological polar surface area (TPSA) is 26.0 Å². The fourth-order valence-electron chi connectivity index (χ4n) is 1.97. The maximum atomic E-state index is 6.20. The molecule has 1 atom stereocenters. The highest BCUT2D eigenvalue weighted by Crippen LogP contribution is 2.27. The number of nitrogens with two attached hydrogens (primary N) is 1. The van der Waals surface area contributed by atoms with E-state index in [1.54, 1.807) is 0 Å². The van der Waals surface area contributed by atoms with Crippen LogP contribution in [0.1, 0.15) is 60.4 Å². The Morgan fingerprint density at radius 2 is 2.00 bits per heavy atom. The van der Waals surface area contributed by atoms with Gasteiger partial charge in [0, 0.05) is 15.8 Å². The van der Waals surface area contributed by atoms with Crippen LogP contribution in [0.4, 0.5) is 0 Å². The molecule has 2 N–H and O–H groups in total. The maximum absolute atomic E-state index is 6.20. The lowest BCUT2D eigenvalue weighted by molar-refractivity contribution is 0.565. The third-order valence-corrected chi connectivity index (χ3v) is 3.83. The van der Waals surface area contributed by atoms with E-state index < -0.39 is 0 Å². The zero-order chi connectivity index (χ0) is 11.3. The normalized spacial score (nSPS) is 13.1. The van der Waals surface area contributed by atoms with Crippen molar-refractivity contribution in [2.45, 2.75) is 58.9 Å². The van der Waals surface area contributed by atoms with Crippen molar-refractivity contribution in [3.05, 3.63) is 21.4 Å². The Hall–Kier alpha value is -0.340. The summed E-state index contributed by atoms with van der Waals surface area (Å²) in [5.41, 5.74) is 7.57. The van der Waals surface area contributed by atoms with Gasteiger partial charge in [0.15, 0.2) is 0 Å². The first kappa shape index (κ1) is 12.7. The second kappa shape index (κ2) is 6.29. The van der Waals surface area contributed by atoms with Crippen LogP contribution in [-0.2, 0) is 0 Å². The number of thiophene rings is 1. The van der Waals surface area contributed by atoms with Gasteiger partial charge in [-0.15, -0.1) is 11.3 Å². The van der Waals surface area contributed by atoms with Crippen molar-refractivity contribution >= 4 is 11.3 Å². The summed E-state index contributed by atoms with van der Waals surface area (Å²) in [5.74, 6) is 0. The molecule has 0 bridgehead atoms. The van der Waals surface area contributed by atoms with Crippen molar-refractivity contribution < 1.29 is 0 Å². The first-order valence-corrected chi connectivity index (χ1v) is 6.79. The third-order valence-electron chi connectivity index (χ3n) is 2.85. The summed E-state index contributed by atoms with van der Waals surface area (Å²) < 4.78 is 0. The lowest BCUT2D eigenvalue weighted by atomic mass is 10.0. The Morgan fingerprint density at radius 3 is 2.53 bits per heavy atom. The van der Waals surface area contributed by atoms with Gasteiger partial charge in [-0.1, -0.05) is 32.6 Å². The molecule has 0 aliphatic rings. The second-order valence-corrected chi connectivity index (χ2v) is 5.78. The Morgan fingerprint density at radius 1 is 1.27 bits per heavy atom. The number of hydrogen-bond donors (Lipinski definition) is 1. The summed E-state index contributed by atoms with van der Waals surface area (Å²) in [4.78, 5) is 2.78. The number of aryl methyl sites for hydroxylation is 2. The van der Waals surface area contributed by atoms with Gasteiger partial charge in [0.1, 0.15) is 0 Å². The number of unbranched alkanes of at least 4 members (excludes halogenated alkanes) is 3. The second-order valence-electron chi connectivity index (χ2n) is 4.32. The highest BCUT2D eigenvalue weighted by atomic mass is 32.1. The summed E-state index contributed by atoms with van der Waals surface area (Å²) in [7, 11) is 0. The van der Waals surface area contributed by atoms with Crippen LogP contribution in [0.5, 0.6) is 0 Å². The fourth-order valence-corrected chi connectivity index (χ4v) is 2.96. The smallest absolute Gasteiger partial charge is 0.0305 e. The van der Waals surface area contributed by atoms with Crippen LogP contribution in [0, 0.1) is 13.8 Å². The van der Waals surface area contributed by atoms with E-state index >= 15 is 0 Å². The average molecular weight is 225 g/mol. The predicted molar refractivity (Wildman–Crippen MR) is 69.5 cm³/mol. The van der Waals surface area contributed by atoms with E-state index in [-0.39, 0.29) is 6.04 Å². The Kier molecular flexibility index (Phi) is 5.34. The molecule has 0 saturated heterocycles. The largest absolute Gasteiger partial charge is 0.324 e. The highest BCUT2D eigenvalue weighted by Gasteiger charge is 2.10. The van der Waals surface area contributed by atoms with Crippen molar-refractivity contribution in [3.8, 4) is 0 Å². The molecule has 2 heteroatoms. The molecule has 1 rings (SSSR count). The van der Waals surface area contributed by atoms with E-state index in [1.807, 2.05) is 11.3 Å². The Labute approximate surface area is 97.7 Å². The molecule has 1 unspecified atom stereocenters. The van der Waals surface area contributed by atoms with E-state index in [0.717, 1.165) is 6.42 Å². The molecule has 0 aliphatic carbocycles. The molecule has 0 saturated carbocycles. The molecule has 0 fully saturated rings. The molecular weight excluding hydrogens is 202 g/mol. The molecule has 1 nitrogen and oxygen atoms in total. The molecule has 0 radical (unpaired) electrons. The van der Waals surface area contributed by atoms with Gasteiger partial charge in [0.25, 0.3) is 0 Å². The van der Waals surface area contributed by atoms with E-state index in [1.165, 1.54) is 41.0 Å². The van der Waals surface area contributed by atoms with Crippen LogP contribution in [0.3, 0.4) is 0 Å². The minimum Gasteiger partial charge on any atom is -0.324 e. The maximum Gasteiger partial charge on any atom is 0.0305 e. The zero-order valence-electron chi connectivity index (χ0n) is 10.2. The van der Waals surface area contributed by atoms with Crippen molar-refractivity contribution in [1.82, 2.24) is 0 Å². The zero-order valence-corrected chi connectivity index (χ0v) is 11.0. The molecule has 86 valence electrons. The van der Waals surface area contributed by atoms with Crippen molar-refractivity contribution in [2.75, 3.05) is 0 Å². The summed E-state index contributed by atoms with van der Waals surface area (Å²) in [6.07, 6.45) is 6.37. The van der Waals surface area contributed by atoms with E-state index in [4.69, 9.17) is 5.73 Å². The minimum absolute atomic E-state index is 0.256. The lowest BCUT2D eigenvalue weighted by Gasteiger charge is -2.10. The minimum atomic E-state index is 0.256. The van der Waals surface area contributed by atoms with Crippen LogP contribution in [0.25, 0.3) is 0 Å². The van der Waals surface area contributed by atoms with E-state index in [2.05, 4.69) is 26.8 Å². The number of hydrogen-bond acceptors (Lipinski definition) is 2. The van der Waals surface area contributed by atoms with Gasteiger partial charge in [0.05, 0.1) is 0 Å². The third kappa shape index (κ3) is 3.96. The average Bonchev–Trinajstić information content (AvgIpc) is 2.52. The summed E-state index contributed by atoms with van der Waals surface area (Å²) in [6, 6.07) is 2.51. The van der Waals surface area contributed by atoms with Gasteiger partial charge in [-0.25, -0.2) is 0 Å². The summed E-state index contributed by atoms with van der Waals surface area (Å²) in [6.45, 7) is 6.58. The van der Waals surface area contributed by atoms with E-state index in [0.29, 0.717) is 0 Å². The van der Waals surface area contributed by atoms with Crippen LogP contribution >= 0.6 is 11.3 Å². The fraction of sp³-hybridized carbons (Fsp3) is 0.692. The predicted octanol–water partition coefficient (Wildman–Crippen LogP) is 4.34. The van der Waals surface area contributed by atoms with Crippen molar-refractivity contribution in [1.29, 1.82) is 0 Å². The molecule has 0 amide bonds. The molecule has 1 aromatic heterocycles. The molecule has 0 aliphatic heterocycles. The van der Waals surface area contributed by atoms with Crippen LogP contribution in [-0.4, -0.2) is 0 Å². The molecule has 0 aromatic carbocycles. The van der Waals surface area contributed by atoms with Gasteiger partial charge in [0.2, 0.25) is 0 Å². The van der Waals surface area contributed by atoms with Crippen LogP contribution < -0.4 is 5.73 Å². The first-order chi connectivity index (χ1) is 7.15. The molecule has 1 aromatic rings. The number of rotatable bonds is 6. The first-order valence-electron chi connectivity index (χ1n) is 5.97. The van der Waals surface area contributed by atoms with Gasteiger partial charge in [-0.05, 0) is 31.9 Å².